The Balaban J connectivity index is 0.808. The average Bonchev–Trinajstić information content (AvgIpc) is 3.45. The van der Waals surface area contributed by atoms with Crippen LogP contribution in [0.25, 0.3) is 0 Å². The predicted molar refractivity (Wildman–Crippen MR) is 207 cm³/mol. The maximum atomic E-state index is 13.5. The van der Waals surface area contributed by atoms with Gasteiger partial charge in [0.25, 0.3) is 17.7 Å². The van der Waals surface area contributed by atoms with E-state index >= 15 is 0 Å². The number of imide groups is 2. The second-order valence-electron chi connectivity index (χ2n) is 15.7. The van der Waals surface area contributed by atoms with E-state index < -0.39 is 29.7 Å². The Morgan fingerprint density at radius 3 is 2.31 bits per heavy atom. The second kappa shape index (κ2) is 15.8. The number of hydrogen-bond donors (Lipinski definition) is 4. The Morgan fingerprint density at radius 2 is 1.60 bits per heavy atom. The van der Waals surface area contributed by atoms with Crippen molar-refractivity contribution in [2.45, 2.75) is 88.6 Å². The average molecular weight is 748 g/mol. The molecule has 0 radical (unpaired) electrons. The summed E-state index contributed by atoms with van der Waals surface area (Å²) in [6.07, 6.45) is 11.6. The molecule has 0 spiro atoms. The summed E-state index contributed by atoms with van der Waals surface area (Å²) in [7, 11) is 0. The second-order valence-corrected chi connectivity index (χ2v) is 15.7. The van der Waals surface area contributed by atoms with Crippen molar-refractivity contribution < 1.29 is 24.0 Å². The number of aromatic nitrogens is 2. The number of piperidine rings is 3. The molecule has 5 amide bonds. The van der Waals surface area contributed by atoms with E-state index in [-0.39, 0.29) is 30.5 Å². The van der Waals surface area contributed by atoms with Crippen LogP contribution in [0, 0.1) is 5.92 Å². The predicted octanol–water partition coefficient (Wildman–Crippen LogP) is 4.56. The number of primary amides is 1. The van der Waals surface area contributed by atoms with Crippen LogP contribution in [0.1, 0.15) is 113 Å². The summed E-state index contributed by atoms with van der Waals surface area (Å²) >= 11 is 0. The third kappa shape index (κ3) is 7.77. The normalized spacial score (nSPS) is 23.7. The summed E-state index contributed by atoms with van der Waals surface area (Å²) in [5, 5.41) is 9.12. The number of carbonyl (C=O) groups is 5. The number of likely N-dealkylation sites (tertiary alicyclic amines) is 1. The van der Waals surface area contributed by atoms with Crippen molar-refractivity contribution in [3.63, 3.8) is 0 Å². The van der Waals surface area contributed by atoms with E-state index in [1.54, 1.807) is 18.3 Å². The minimum absolute atomic E-state index is 0.0935. The molecule has 2 aromatic carbocycles. The molecule has 5 heterocycles. The molecule has 1 saturated carbocycles. The van der Waals surface area contributed by atoms with Crippen molar-refractivity contribution in [1.82, 2.24) is 25.1 Å². The lowest BCUT2D eigenvalue weighted by Crippen LogP contribution is -2.54. The summed E-state index contributed by atoms with van der Waals surface area (Å²) in [6.45, 7) is 5.05. The monoisotopic (exact) mass is 747 g/mol. The number of nitrogens with two attached hydrogens (primary N) is 1. The van der Waals surface area contributed by atoms with Crippen molar-refractivity contribution in [3.8, 4) is 0 Å². The molecule has 0 bridgehead atoms. The van der Waals surface area contributed by atoms with Crippen LogP contribution in [0.3, 0.4) is 0 Å². The van der Waals surface area contributed by atoms with Crippen LogP contribution < -0.4 is 26.6 Å². The van der Waals surface area contributed by atoms with Gasteiger partial charge < -0.3 is 26.2 Å². The van der Waals surface area contributed by atoms with Gasteiger partial charge in [-0.3, -0.25) is 34.2 Å². The molecule has 3 aromatic rings. The van der Waals surface area contributed by atoms with Gasteiger partial charge >= 0.3 is 0 Å². The molecule has 4 fully saturated rings. The highest BCUT2D eigenvalue weighted by Crippen LogP contribution is 2.36. The number of fused-ring (bicyclic) bond motifs is 1. The Hall–Kier alpha value is -5.37. The maximum absolute atomic E-state index is 13.5. The first-order valence-electron chi connectivity index (χ1n) is 19.8. The maximum Gasteiger partial charge on any atom is 0.271 e. The minimum Gasteiger partial charge on any atom is -0.382 e. The number of carbonyl (C=O) groups excluding carboxylic acids is 5. The van der Waals surface area contributed by atoms with Crippen molar-refractivity contribution in [1.29, 1.82) is 0 Å². The Bertz CT molecular complexity index is 1960. The number of amides is 5. The molecule has 8 rings (SSSR count). The first kappa shape index (κ1) is 36.6. The molecule has 1 atom stereocenters. The molecular formula is C41H49N9O5. The van der Waals surface area contributed by atoms with Gasteiger partial charge in [-0.2, -0.15) is 0 Å². The van der Waals surface area contributed by atoms with Crippen LogP contribution in [0.2, 0.25) is 0 Å². The van der Waals surface area contributed by atoms with E-state index in [1.807, 2.05) is 18.2 Å². The fourth-order valence-electron chi connectivity index (χ4n) is 9.06. The standard InChI is InChI=1S/C41H49N9O5/c42-37(52)36-38(46-33(23-43-36)49-19-2-1-3-20-49)45-29-13-9-26(10-14-29)27-17-21-48(22-18-27)24-25-7-11-28(12-8-25)44-31-6-4-5-30-35(31)41(55)50(40(30)54)32-15-16-34(51)47-39(32)53/h4-6,9-10,13-14,23,25,27-28,32,44H,1-3,7-8,11-12,15-22,24H2,(H2,42,52)(H,45,46)(H,47,51,53)/t25?,28?,32-/m1/s1. The zero-order valence-corrected chi connectivity index (χ0v) is 31.1. The summed E-state index contributed by atoms with van der Waals surface area (Å²) in [6, 6.07) is 12.9. The molecule has 0 unspecified atom stereocenters. The highest BCUT2D eigenvalue weighted by atomic mass is 16.2. The molecule has 1 aliphatic carbocycles. The van der Waals surface area contributed by atoms with E-state index in [9.17, 15) is 24.0 Å². The lowest BCUT2D eigenvalue weighted by molar-refractivity contribution is -0.136. The number of nitrogens with zero attached hydrogens (tertiary/aromatic N) is 5. The van der Waals surface area contributed by atoms with Crippen LogP contribution >= 0.6 is 0 Å². The number of anilines is 4. The zero-order chi connectivity index (χ0) is 38.1. The number of hydrogen-bond acceptors (Lipinski definition) is 11. The Labute approximate surface area is 320 Å². The Kier molecular flexibility index (Phi) is 10.5. The van der Waals surface area contributed by atoms with Gasteiger partial charge in [0.1, 0.15) is 11.9 Å². The van der Waals surface area contributed by atoms with Gasteiger partial charge in [0.2, 0.25) is 11.8 Å². The molecule has 14 nitrogen and oxygen atoms in total. The molecule has 55 heavy (non-hydrogen) atoms. The van der Waals surface area contributed by atoms with E-state index in [4.69, 9.17) is 10.7 Å². The van der Waals surface area contributed by atoms with Crippen molar-refractivity contribution >= 4 is 52.5 Å². The first-order chi connectivity index (χ1) is 26.7. The van der Waals surface area contributed by atoms with Crippen LogP contribution in [-0.2, 0) is 9.59 Å². The quantitative estimate of drug-likeness (QED) is 0.213. The van der Waals surface area contributed by atoms with Gasteiger partial charge in [-0.15, -0.1) is 0 Å². The highest BCUT2D eigenvalue weighted by Gasteiger charge is 2.46. The summed E-state index contributed by atoms with van der Waals surface area (Å²) in [5.74, 6) is -0.334. The molecule has 4 aliphatic heterocycles. The third-order valence-corrected chi connectivity index (χ3v) is 12.1. The number of rotatable bonds is 10. The highest BCUT2D eigenvalue weighted by molar-refractivity contribution is 6.25. The number of benzene rings is 2. The zero-order valence-electron chi connectivity index (χ0n) is 31.1. The largest absolute Gasteiger partial charge is 0.382 e. The summed E-state index contributed by atoms with van der Waals surface area (Å²) in [5.41, 5.74) is 9.17. The van der Waals surface area contributed by atoms with E-state index in [0.717, 1.165) is 100 Å². The molecule has 1 aromatic heterocycles. The number of nitrogens with one attached hydrogen (secondary N) is 3. The van der Waals surface area contributed by atoms with Crippen molar-refractivity contribution in [2.75, 3.05) is 48.3 Å². The van der Waals surface area contributed by atoms with Crippen LogP contribution in [0.4, 0.5) is 23.0 Å². The fraction of sp³-hybridized carbons (Fsp3) is 0.488. The van der Waals surface area contributed by atoms with E-state index in [0.29, 0.717) is 34.5 Å². The van der Waals surface area contributed by atoms with Crippen molar-refractivity contribution in [3.05, 3.63) is 71.0 Å². The van der Waals surface area contributed by atoms with Crippen LogP contribution in [0.15, 0.2) is 48.7 Å². The van der Waals surface area contributed by atoms with E-state index in [2.05, 4.69) is 42.9 Å². The Morgan fingerprint density at radius 1 is 0.855 bits per heavy atom. The van der Waals surface area contributed by atoms with Crippen LogP contribution in [0.5, 0.6) is 0 Å². The van der Waals surface area contributed by atoms with Crippen LogP contribution in [-0.4, -0.2) is 94.1 Å². The van der Waals surface area contributed by atoms with Gasteiger partial charge in [-0.05, 0) is 119 Å². The minimum atomic E-state index is -0.977. The third-order valence-electron chi connectivity index (χ3n) is 12.1. The lowest BCUT2D eigenvalue weighted by Gasteiger charge is -2.37. The molecule has 5 aliphatic rings. The van der Waals surface area contributed by atoms with Gasteiger partial charge in [0.15, 0.2) is 11.5 Å². The molecule has 288 valence electrons. The van der Waals surface area contributed by atoms with Gasteiger partial charge in [-0.25, -0.2) is 9.97 Å². The first-order valence-corrected chi connectivity index (χ1v) is 19.8. The summed E-state index contributed by atoms with van der Waals surface area (Å²) < 4.78 is 0. The smallest absolute Gasteiger partial charge is 0.271 e. The molecular weight excluding hydrogens is 699 g/mol. The fourth-order valence-corrected chi connectivity index (χ4v) is 9.06. The lowest BCUT2D eigenvalue weighted by atomic mass is 9.84. The van der Waals surface area contributed by atoms with Crippen molar-refractivity contribution in [2.24, 2.45) is 11.7 Å². The van der Waals surface area contributed by atoms with Gasteiger partial charge in [0, 0.05) is 43.5 Å². The van der Waals surface area contributed by atoms with Gasteiger partial charge in [-0.1, -0.05) is 18.2 Å². The molecule has 5 N–H and O–H groups in total. The van der Waals surface area contributed by atoms with E-state index in [1.165, 1.54) is 12.0 Å². The van der Waals surface area contributed by atoms with Gasteiger partial charge in [0.05, 0.1) is 17.3 Å². The topological polar surface area (TPSA) is 183 Å². The molecule has 14 heteroatoms. The summed E-state index contributed by atoms with van der Waals surface area (Å²) in [4.78, 5) is 78.0. The molecule has 3 saturated heterocycles. The SMILES string of the molecule is NC(=O)c1ncc(N2CCCCC2)nc1Nc1ccc(C2CCN(CC3CCC(Nc4cccc5c4C(=O)N([C@@H]4CCC(=O)NC4=O)C5=O)CC3)CC2)cc1.